The van der Waals surface area contributed by atoms with Gasteiger partial charge in [-0.3, -0.25) is 4.79 Å². The molecule has 1 fully saturated rings. The summed E-state index contributed by atoms with van der Waals surface area (Å²) in [5, 5.41) is 0. The Morgan fingerprint density at radius 3 is 2.93 bits per heavy atom. The summed E-state index contributed by atoms with van der Waals surface area (Å²) in [4.78, 5) is 21.5. The molecule has 1 saturated heterocycles. The number of carbonyl (C=O) groups is 1. The Hall–Kier alpha value is -1.16. The summed E-state index contributed by atoms with van der Waals surface area (Å²) < 4.78 is 0. The Morgan fingerprint density at radius 1 is 1.53 bits per heavy atom. The first kappa shape index (κ1) is 10.4. The molecule has 1 aliphatic rings. The summed E-state index contributed by atoms with van der Waals surface area (Å²) in [5.74, 6) is 0.484. The lowest BCUT2D eigenvalue weighted by molar-refractivity contribution is 0.0748. The summed E-state index contributed by atoms with van der Waals surface area (Å²) in [6.45, 7) is 0.783. The van der Waals surface area contributed by atoms with E-state index in [0.29, 0.717) is 11.4 Å². The molecule has 1 aromatic rings. The van der Waals surface area contributed by atoms with Crippen LogP contribution in [-0.2, 0) is 0 Å². The molecule has 2 rings (SSSR count). The first-order chi connectivity index (χ1) is 7.33. The third-order valence-corrected chi connectivity index (χ3v) is 2.98. The van der Waals surface area contributed by atoms with Crippen molar-refractivity contribution >= 4 is 17.5 Å². The molecule has 0 N–H and O–H groups in total. The zero-order chi connectivity index (χ0) is 10.7. The summed E-state index contributed by atoms with van der Waals surface area (Å²) in [7, 11) is 0. The minimum Gasteiger partial charge on any atom is -0.334 e. The first-order valence-corrected chi connectivity index (χ1v) is 5.48. The Balaban J connectivity index is 2.14. The van der Waals surface area contributed by atoms with E-state index in [9.17, 15) is 4.79 Å². The second-order valence-corrected chi connectivity index (χ2v) is 3.88. The van der Waals surface area contributed by atoms with Gasteiger partial charge in [0, 0.05) is 30.9 Å². The Kier molecular flexibility index (Phi) is 3.16. The van der Waals surface area contributed by atoms with E-state index in [1.807, 2.05) is 4.90 Å². The standard InChI is InChI=1S/C10H12ClN3O/c11-4-9-2-1-3-14(9)10(15)8-5-12-7-13-6-8/h5-7,9H,1-4H2. The van der Waals surface area contributed by atoms with Crippen LogP contribution in [0.4, 0.5) is 0 Å². The maximum Gasteiger partial charge on any atom is 0.257 e. The van der Waals surface area contributed by atoms with Crippen LogP contribution in [0.25, 0.3) is 0 Å². The topological polar surface area (TPSA) is 46.1 Å². The molecule has 2 heterocycles. The maximum absolute atomic E-state index is 12.0. The zero-order valence-corrected chi connectivity index (χ0v) is 9.02. The van der Waals surface area contributed by atoms with Crippen LogP contribution in [0.5, 0.6) is 0 Å². The van der Waals surface area contributed by atoms with E-state index >= 15 is 0 Å². The minimum absolute atomic E-state index is 0.0150. The van der Waals surface area contributed by atoms with Crippen LogP contribution in [0.3, 0.4) is 0 Å². The molecular weight excluding hydrogens is 214 g/mol. The lowest BCUT2D eigenvalue weighted by Crippen LogP contribution is -2.36. The molecule has 0 spiro atoms. The van der Waals surface area contributed by atoms with Crippen molar-refractivity contribution in [3.8, 4) is 0 Å². The highest BCUT2D eigenvalue weighted by Crippen LogP contribution is 2.20. The van der Waals surface area contributed by atoms with Gasteiger partial charge < -0.3 is 4.90 Å². The first-order valence-electron chi connectivity index (χ1n) is 4.95. The van der Waals surface area contributed by atoms with E-state index in [1.54, 1.807) is 12.4 Å². The van der Waals surface area contributed by atoms with E-state index < -0.39 is 0 Å². The number of amides is 1. The molecule has 0 saturated carbocycles. The molecule has 5 heteroatoms. The van der Waals surface area contributed by atoms with E-state index in [-0.39, 0.29) is 11.9 Å². The van der Waals surface area contributed by atoms with Crippen molar-refractivity contribution in [2.24, 2.45) is 0 Å². The van der Waals surface area contributed by atoms with Gasteiger partial charge in [-0.15, -0.1) is 11.6 Å². The Morgan fingerprint density at radius 2 is 2.27 bits per heavy atom. The lowest BCUT2D eigenvalue weighted by Gasteiger charge is -2.22. The largest absolute Gasteiger partial charge is 0.334 e. The Labute approximate surface area is 93.3 Å². The van der Waals surface area contributed by atoms with Crippen molar-refractivity contribution in [3.63, 3.8) is 0 Å². The predicted molar refractivity (Wildman–Crippen MR) is 56.8 cm³/mol. The molecule has 1 amide bonds. The van der Waals surface area contributed by atoms with Gasteiger partial charge in [0.15, 0.2) is 0 Å². The van der Waals surface area contributed by atoms with Crippen molar-refractivity contribution in [3.05, 3.63) is 24.3 Å². The monoisotopic (exact) mass is 225 g/mol. The average molecular weight is 226 g/mol. The van der Waals surface area contributed by atoms with Crippen molar-refractivity contribution in [1.29, 1.82) is 0 Å². The molecule has 0 aliphatic carbocycles. The van der Waals surface area contributed by atoms with Crippen LogP contribution in [0.15, 0.2) is 18.7 Å². The van der Waals surface area contributed by atoms with Crippen molar-refractivity contribution in [1.82, 2.24) is 14.9 Å². The van der Waals surface area contributed by atoms with Gasteiger partial charge in [0.1, 0.15) is 6.33 Å². The van der Waals surface area contributed by atoms with Crippen LogP contribution in [0, 0.1) is 0 Å². The van der Waals surface area contributed by atoms with Gasteiger partial charge in [-0.2, -0.15) is 0 Å². The summed E-state index contributed by atoms with van der Waals surface area (Å²) in [6, 6.07) is 0.166. The summed E-state index contributed by atoms with van der Waals surface area (Å²) >= 11 is 5.81. The van der Waals surface area contributed by atoms with Gasteiger partial charge in [0.05, 0.1) is 5.56 Å². The van der Waals surface area contributed by atoms with Crippen molar-refractivity contribution in [2.75, 3.05) is 12.4 Å². The highest BCUT2D eigenvalue weighted by atomic mass is 35.5. The van der Waals surface area contributed by atoms with Gasteiger partial charge in [-0.1, -0.05) is 0 Å². The zero-order valence-electron chi connectivity index (χ0n) is 8.27. The van der Waals surface area contributed by atoms with Crippen LogP contribution in [-0.4, -0.2) is 39.2 Å². The molecule has 1 unspecified atom stereocenters. The van der Waals surface area contributed by atoms with Gasteiger partial charge in [0.25, 0.3) is 5.91 Å². The smallest absolute Gasteiger partial charge is 0.257 e. The number of likely N-dealkylation sites (tertiary alicyclic amines) is 1. The van der Waals surface area contributed by atoms with Gasteiger partial charge in [0.2, 0.25) is 0 Å². The number of hydrogen-bond acceptors (Lipinski definition) is 3. The fraction of sp³-hybridized carbons (Fsp3) is 0.500. The fourth-order valence-corrected chi connectivity index (χ4v) is 2.16. The van der Waals surface area contributed by atoms with Crippen LogP contribution < -0.4 is 0 Å². The molecule has 1 atom stereocenters. The van der Waals surface area contributed by atoms with E-state index in [1.165, 1.54) is 6.33 Å². The van der Waals surface area contributed by atoms with Crippen molar-refractivity contribution in [2.45, 2.75) is 18.9 Å². The maximum atomic E-state index is 12.0. The lowest BCUT2D eigenvalue weighted by atomic mass is 10.2. The fourth-order valence-electron chi connectivity index (χ4n) is 1.84. The van der Waals surface area contributed by atoms with Crippen LogP contribution in [0.1, 0.15) is 23.2 Å². The number of aromatic nitrogens is 2. The van der Waals surface area contributed by atoms with Gasteiger partial charge in [-0.25, -0.2) is 9.97 Å². The molecule has 1 aliphatic heterocycles. The van der Waals surface area contributed by atoms with E-state index in [2.05, 4.69) is 9.97 Å². The molecule has 15 heavy (non-hydrogen) atoms. The number of carbonyl (C=O) groups excluding carboxylic acids is 1. The number of rotatable bonds is 2. The molecular formula is C10H12ClN3O. The molecule has 4 nitrogen and oxygen atoms in total. The predicted octanol–water partition coefficient (Wildman–Crippen LogP) is 1.32. The highest BCUT2D eigenvalue weighted by molar-refractivity contribution is 6.18. The van der Waals surface area contributed by atoms with Crippen LogP contribution in [0.2, 0.25) is 0 Å². The molecule has 80 valence electrons. The second-order valence-electron chi connectivity index (χ2n) is 3.58. The number of halogens is 1. The SMILES string of the molecule is O=C(c1cncnc1)N1CCCC1CCl. The van der Waals surface area contributed by atoms with Crippen LogP contribution >= 0.6 is 11.6 Å². The molecule has 0 aromatic carbocycles. The van der Waals surface area contributed by atoms with E-state index in [0.717, 1.165) is 19.4 Å². The number of alkyl halides is 1. The number of hydrogen-bond donors (Lipinski definition) is 0. The summed E-state index contributed by atoms with van der Waals surface area (Å²) in [5.41, 5.74) is 0.537. The molecule has 0 bridgehead atoms. The second kappa shape index (κ2) is 4.57. The third kappa shape index (κ3) is 2.09. The van der Waals surface area contributed by atoms with E-state index in [4.69, 9.17) is 11.6 Å². The minimum atomic E-state index is -0.0150. The molecule has 0 radical (unpaired) electrons. The Bertz CT molecular complexity index is 344. The van der Waals surface area contributed by atoms with Crippen molar-refractivity contribution < 1.29 is 4.79 Å². The highest BCUT2D eigenvalue weighted by Gasteiger charge is 2.28. The average Bonchev–Trinajstić information content (AvgIpc) is 2.77. The third-order valence-electron chi connectivity index (χ3n) is 2.62. The summed E-state index contributed by atoms with van der Waals surface area (Å²) in [6.07, 6.45) is 6.51. The number of nitrogens with zero attached hydrogens (tertiary/aromatic N) is 3. The quantitative estimate of drug-likeness (QED) is 0.714. The van der Waals surface area contributed by atoms with Gasteiger partial charge in [-0.05, 0) is 12.8 Å². The normalized spacial score (nSPS) is 20.6. The van der Waals surface area contributed by atoms with Gasteiger partial charge >= 0.3 is 0 Å². The molecule has 1 aromatic heterocycles.